The van der Waals surface area contributed by atoms with Gasteiger partial charge in [0.15, 0.2) is 0 Å². The van der Waals surface area contributed by atoms with Crippen molar-refractivity contribution in [2.45, 2.75) is 37.7 Å². The first-order valence-electron chi connectivity index (χ1n) is 7.24. The molecule has 2 N–H and O–H groups in total. The van der Waals surface area contributed by atoms with Gasteiger partial charge in [-0.05, 0) is 43.4 Å². The zero-order valence-corrected chi connectivity index (χ0v) is 12.4. The highest BCUT2D eigenvalue weighted by molar-refractivity contribution is 5.76. The number of amides is 1. The molecule has 0 unspecified atom stereocenters. The number of anilines is 1. The first-order valence-corrected chi connectivity index (χ1v) is 7.24. The van der Waals surface area contributed by atoms with Crippen LogP contribution in [-0.4, -0.2) is 37.3 Å². The fourth-order valence-electron chi connectivity index (χ4n) is 2.33. The van der Waals surface area contributed by atoms with Crippen molar-refractivity contribution >= 4 is 11.6 Å². The molecule has 0 spiro atoms. The zero-order chi connectivity index (χ0) is 14.6. The van der Waals surface area contributed by atoms with Gasteiger partial charge in [0.2, 0.25) is 5.91 Å². The monoisotopic (exact) mass is 276 g/mol. The molecule has 0 aromatic heterocycles. The second-order valence-corrected chi connectivity index (χ2v) is 5.92. The summed E-state index contributed by atoms with van der Waals surface area (Å²) in [6.45, 7) is 0.394. The Kier molecular flexibility index (Phi) is 4.65. The summed E-state index contributed by atoms with van der Waals surface area (Å²) < 4.78 is 0. The van der Waals surface area contributed by atoms with Crippen molar-refractivity contribution in [2.75, 3.05) is 25.5 Å². The largest absolute Gasteiger partial charge is 0.388 e. The van der Waals surface area contributed by atoms with Gasteiger partial charge in [-0.1, -0.05) is 12.1 Å². The smallest absolute Gasteiger partial charge is 0.220 e. The normalized spacial score (nSPS) is 16.4. The summed E-state index contributed by atoms with van der Waals surface area (Å²) in [6, 6.07) is 8.23. The Morgan fingerprint density at radius 2 is 1.95 bits per heavy atom. The molecule has 4 nitrogen and oxygen atoms in total. The van der Waals surface area contributed by atoms with Crippen molar-refractivity contribution in [2.24, 2.45) is 0 Å². The van der Waals surface area contributed by atoms with Crippen molar-refractivity contribution in [3.05, 3.63) is 29.8 Å². The Morgan fingerprint density at radius 3 is 2.45 bits per heavy atom. The fourth-order valence-corrected chi connectivity index (χ4v) is 2.33. The number of rotatable bonds is 6. The lowest BCUT2D eigenvalue weighted by Gasteiger charge is -2.36. The first-order chi connectivity index (χ1) is 9.48. The Balaban J connectivity index is 1.72. The summed E-state index contributed by atoms with van der Waals surface area (Å²) >= 11 is 0. The fraction of sp³-hybridized carbons (Fsp3) is 0.562. The molecule has 0 saturated heterocycles. The van der Waals surface area contributed by atoms with Gasteiger partial charge >= 0.3 is 0 Å². The van der Waals surface area contributed by atoms with Crippen molar-refractivity contribution in [3.8, 4) is 0 Å². The second kappa shape index (κ2) is 6.27. The molecule has 1 amide bonds. The van der Waals surface area contributed by atoms with Gasteiger partial charge in [0, 0.05) is 32.7 Å². The number of nitrogens with one attached hydrogen (secondary N) is 1. The van der Waals surface area contributed by atoms with Crippen LogP contribution in [0.5, 0.6) is 0 Å². The molecular formula is C16H24N2O2. The molecule has 1 aliphatic carbocycles. The molecule has 0 atom stereocenters. The number of hydrogen-bond donors (Lipinski definition) is 2. The molecular weight excluding hydrogens is 252 g/mol. The van der Waals surface area contributed by atoms with Crippen LogP contribution in [0.15, 0.2) is 24.3 Å². The highest BCUT2D eigenvalue weighted by Crippen LogP contribution is 2.30. The van der Waals surface area contributed by atoms with E-state index in [1.165, 1.54) is 0 Å². The lowest BCUT2D eigenvalue weighted by molar-refractivity contribution is -0.123. The number of hydrogen-bond acceptors (Lipinski definition) is 3. The first kappa shape index (κ1) is 14.9. The van der Waals surface area contributed by atoms with Crippen LogP contribution >= 0.6 is 0 Å². The molecule has 1 aromatic rings. The van der Waals surface area contributed by atoms with E-state index in [1.54, 1.807) is 0 Å². The van der Waals surface area contributed by atoms with Crippen molar-refractivity contribution < 1.29 is 9.90 Å². The molecule has 1 aromatic carbocycles. The van der Waals surface area contributed by atoms with Gasteiger partial charge in [0.1, 0.15) is 0 Å². The van der Waals surface area contributed by atoms with Gasteiger partial charge in [0.25, 0.3) is 0 Å². The molecule has 110 valence electrons. The third kappa shape index (κ3) is 3.97. The molecule has 0 bridgehead atoms. The number of nitrogens with zero attached hydrogens (tertiary/aromatic N) is 1. The summed E-state index contributed by atoms with van der Waals surface area (Å²) in [6.07, 6.45) is 3.87. The summed E-state index contributed by atoms with van der Waals surface area (Å²) in [5.41, 5.74) is 1.68. The van der Waals surface area contributed by atoms with Crippen molar-refractivity contribution in [1.29, 1.82) is 0 Å². The van der Waals surface area contributed by atoms with Crippen LogP contribution in [0, 0.1) is 0 Å². The predicted octanol–water partition coefficient (Wildman–Crippen LogP) is 1.72. The van der Waals surface area contributed by atoms with Gasteiger partial charge in [-0.25, -0.2) is 0 Å². The molecule has 1 fully saturated rings. The highest BCUT2D eigenvalue weighted by Gasteiger charge is 2.34. The Morgan fingerprint density at radius 1 is 1.30 bits per heavy atom. The Hall–Kier alpha value is -1.55. The van der Waals surface area contributed by atoms with E-state index in [0.717, 1.165) is 36.9 Å². The van der Waals surface area contributed by atoms with Gasteiger partial charge < -0.3 is 15.3 Å². The van der Waals surface area contributed by atoms with E-state index < -0.39 is 5.60 Å². The van der Waals surface area contributed by atoms with Crippen LogP contribution in [-0.2, 0) is 11.2 Å². The number of carbonyl (C=O) groups is 1. The van der Waals surface area contributed by atoms with Crippen molar-refractivity contribution in [3.63, 3.8) is 0 Å². The molecule has 1 aliphatic rings. The van der Waals surface area contributed by atoms with Crippen LogP contribution in [0.3, 0.4) is 0 Å². The van der Waals surface area contributed by atoms with E-state index in [9.17, 15) is 9.90 Å². The minimum atomic E-state index is -0.636. The average molecular weight is 276 g/mol. The molecule has 1 saturated carbocycles. The molecule has 0 heterocycles. The SMILES string of the molecule is CN(C)c1ccc(CCC(=O)NCC2(O)CCC2)cc1. The minimum absolute atomic E-state index is 0.0158. The van der Waals surface area contributed by atoms with E-state index in [1.807, 2.05) is 14.1 Å². The second-order valence-electron chi connectivity index (χ2n) is 5.92. The van der Waals surface area contributed by atoms with E-state index in [2.05, 4.69) is 34.5 Å². The van der Waals surface area contributed by atoms with Crippen LogP contribution in [0.2, 0.25) is 0 Å². The number of benzene rings is 1. The van der Waals surface area contributed by atoms with Crippen LogP contribution < -0.4 is 10.2 Å². The topological polar surface area (TPSA) is 52.6 Å². The zero-order valence-electron chi connectivity index (χ0n) is 12.4. The standard InChI is InChI=1S/C16H24N2O2/c1-18(2)14-7-4-13(5-8-14)6-9-15(19)17-12-16(20)10-3-11-16/h4-5,7-8,20H,3,6,9-12H2,1-2H3,(H,17,19). The summed E-state index contributed by atoms with van der Waals surface area (Å²) in [7, 11) is 4.02. The lowest BCUT2D eigenvalue weighted by Crippen LogP contribution is -2.47. The molecule has 0 radical (unpaired) electrons. The Labute approximate surface area is 120 Å². The van der Waals surface area contributed by atoms with Crippen LogP contribution in [0.4, 0.5) is 5.69 Å². The molecule has 2 rings (SSSR count). The summed E-state index contributed by atoms with van der Waals surface area (Å²) in [5, 5.41) is 12.7. The van der Waals surface area contributed by atoms with E-state index in [-0.39, 0.29) is 5.91 Å². The maximum absolute atomic E-state index is 11.7. The van der Waals surface area contributed by atoms with Gasteiger partial charge in [-0.2, -0.15) is 0 Å². The maximum atomic E-state index is 11.7. The van der Waals surface area contributed by atoms with Gasteiger partial charge in [-0.15, -0.1) is 0 Å². The molecule has 20 heavy (non-hydrogen) atoms. The van der Waals surface area contributed by atoms with Crippen molar-refractivity contribution in [1.82, 2.24) is 5.32 Å². The van der Waals surface area contributed by atoms with E-state index >= 15 is 0 Å². The quantitative estimate of drug-likeness (QED) is 0.832. The summed E-state index contributed by atoms with van der Waals surface area (Å²) in [5.74, 6) is 0.0158. The van der Waals surface area contributed by atoms with Gasteiger partial charge in [-0.3, -0.25) is 4.79 Å². The van der Waals surface area contributed by atoms with E-state index in [0.29, 0.717) is 13.0 Å². The molecule has 4 heteroatoms. The minimum Gasteiger partial charge on any atom is -0.388 e. The highest BCUT2D eigenvalue weighted by atomic mass is 16.3. The molecule has 0 aliphatic heterocycles. The lowest BCUT2D eigenvalue weighted by atomic mass is 9.80. The number of aryl methyl sites for hydroxylation is 1. The van der Waals surface area contributed by atoms with Crippen LogP contribution in [0.25, 0.3) is 0 Å². The van der Waals surface area contributed by atoms with E-state index in [4.69, 9.17) is 0 Å². The third-order valence-corrected chi connectivity index (χ3v) is 3.99. The number of aliphatic hydroxyl groups is 1. The van der Waals surface area contributed by atoms with Gasteiger partial charge in [0.05, 0.1) is 5.60 Å². The maximum Gasteiger partial charge on any atom is 0.220 e. The summed E-state index contributed by atoms with van der Waals surface area (Å²) in [4.78, 5) is 13.8. The number of carbonyl (C=O) groups excluding carboxylic acids is 1. The third-order valence-electron chi connectivity index (χ3n) is 3.99. The average Bonchev–Trinajstić information content (AvgIpc) is 2.41. The van der Waals surface area contributed by atoms with Crippen LogP contribution in [0.1, 0.15) is 31.2 Å². The Bertz CT molecular complexity index is 450. The predicted molar refractivity (Wildman–Crippen MR) is 80.9 cm³/mol.